The first kappa shape index (κ1) is 16.7. The number of piperidine rings is 1. The van der Waals surface area contributed by atoms with E-state index in [1.807, 2.05) is 0 Å². The van der Waals surface area contributed by atoms with Gasteiger partial charge in [-0.25, -0.2) is 8.42 Å². The van der Waals surface area contributed by atoms with Crippen molar-refractivity contribution < 1.29 is 8.42 Å². The summed E-state index contributed by atoms with van der Waals surface area (Å²) in [5.41, 5.74) is 5.60. The van der Waals surface area contributed by atoms with Gasteiger partial charge in [-0.3, -0.25) is 4.68 Å². The number of nitrogens with two attached hydrogens (primary N) is 1. The van der Waals surface area contributed by atoms with Gasteiger partial charge in [0.15, 0.2) is 5.03 Å². The Bertz CT molecular complexity index is 504. The molecule has 1 saturated heterocycles. The summed E-state index contributed by atoms with van der Waals surface area (Å²) >= 11 is 5.90. The average molecular weight is 329 g/mol. The zero-order chi connectivity index (χ0) is 13.3. The van der Waals surface area contributed by atoms with Crippen LogP contribution in [0, 0.1) is 5.92 Å². The van der Waals surface area contributed by atoms with Crippen molar-refractivity contribution in [1.82, 2.24) is 14.1 Å². The molecule has 1 aromatic rings. The molecular formula is C10H18Cl2N4O2S. The van der Waals surface area contributed by atoms with Crippen LogP contribution in [-0.2, 0) is 17.1 Å². The first-order valence-corrected chi connectivity index (χ1v) is 7.66. The maximum absolute atomic E-state index is 12.4. The molecule has 19 heavy (non-hydrogen) atoms. The lowest BCUT2D eigenvalue weighted by atomic mass is 9.99. The summed E-state index contributed by atoms with van der Waals surface area (Å²) in [6.45, 7) is 1.60. The Balaban J connectivity index is 0.00000180. The molecule has 6 nitrogen and oxygen atoms in total. The van der Waals surface area contributed by atoms with Crippen molar-refractivity contribution in [2.75, 3.05) is 19.6 Å². The van der Waals surface area contributed by atoms with Crippen molar-refractivity contribution in [2.24, 2.45) is 18.7 Å². The summed E-state index contributed by atoms with van der Waals surface area (Å²) in [5, 5.41) is 4.10. The number of hydrogen-bond acceptors (Lipinski definition) is 4. The van der Waals surface area contributed by atoms with Gasteiger partial charge >= 0.3 is 0 Å². The molecule has 0 radical (unpaired) electrons. The Morgan fingerprint density at radius 3 is 2.47 bits per heavy atom. The zero-order valence-corrected chi connectivity index (χ0v) is 13.0. The number of sulfonamides is 1. The van der Waals surface area contributed by atoms with Gasteiger partial charge in [0.2, 0.25) is 0 Å². The third-order valence-electron chi connectivity index (χ3n) is 3.33. The summed E-state index contributed by atoms with van der Waals surface area (Å²) in [6.07, 6.45) is 2.94. The van der Waals surface area contributed by atoms with Crippen molar-refractivity contribution in [3.8, 4) is 0 Å². The van der Waals surface area contributed by atoms with Gasteiger partial charge < -0.3 is 5.73 Å². The van der Waals surface area contributed by atoms with Crippen LogP contribution < -0.4 is 5.73 Å². The molecule has 0 amide bonds. The predicted octanol–water partition coefficient (Wildman–Crippen LogP) is 0.855. The highest BCUT2D eigenvalue weighted by Crippen LogP contribution is 2.27. The summed E-state index contributed by atoms with van der Waals surface area (Å²) in [7, 11) is -1.98. The van der Waals surface area contributed by atoms with Crippen LogP contribution in [0.3, 0.4) is 0 Å². The smallest absolute Gasteiger partial charge is 0.261 e. The van der Waals surface area contributed by atoms with Crippen LogP contribution in [0.4, 0.5) is 0 Å². The van der Waals surface area contributed by atoms with Crippen molar-refractivity contribution >= 4 is 34.0 Å². The van der Waals surface area contributed by atoms with Gasteiger partial charge in [-0.1, -0.05) is 11.6 Å². The van der Waals surface area contributed by atoms with Gasteiger partial charge in [-0.2, -0.15) is 9.40 Å². The van der Waals surface area contributed by atoms with Crippen molar-refractivity contribution in [3.63, 3.8) is 0 Å². The fourth-order valence-electron chi connectivity index (χ4n) is 2.20. The van der Waals surface area contributed by atoms with Gasteiger partial charge in [-0.05, 0) is 25.3 Å². The van der Waals surface area contributed by atoms with Crippen LogP contribution in [0.25, 0.3) is 0 Å². The monoisotopic (exact) mass is 328 g/mol. The third kappa shape index (κ3) is 3.22. The van der Waals surface area contributed by atoms with Crippen LogP contribution in [0.1, 0.15) is 12.8 Å². The Morgan fingerprint density at radius 2 is 2.05 bits per heavy atom. The summed E-state index contributed by atoms with van der Waals surface area (Å²) < 4.78 is 27.6. The van der Waals surface area contributed by atoms with E-state index in [1.54, 1.807) is 7.05 Å². The molecule has 0 spiro atoms. The Hall–Kier alpha value is -0.340. The van der Waals surface area contributed by atoms with E-state index in [4.69, 9.17) is 17.3 Å². The lowest BCUT2D eigenvalue weighted by Gasteiger charge is -2.30. The topological polar surface area (TPSA) is 81.2 Å². The van der Waals surface area contributed by atoms with Crippen molar-refractivity contribution in [2.45, 2.75) is 17.9 Å². The normalized spacial score (nSPS) is 18.3. The minimum Gasteiger partial charge on any atom is -0.330 e. The first-order chi connectivity index (χ1) is 8.46. The van der Waals surface area contributed by atoms with E-state index in [0.29, 0.717) is 25.6 Å². The van der Waals surface area contributed by atoms with Gasteiger partial charge in [0.25, 0.3) is 10.0 Å². The summed E-state index contributed by atoms with van der Waals surface area (Å²) in [5.74, 6) is 0.415. The Kier molecular flexibility index (Phi) is 5.64. The minimum absolute atomic E-state index is 0. The van der Waals surface area contributed by atoms with E-state index in [1.165, 1.54) is 15.2 Å². The molecule has 0 saturated carbocycles. The number of rotatable bonds is 3. The lowest BCUT2D eigenvalue weighted by Crippen LogP contribution is -2.40. The minimum atomic E-state index is -3.55. The molecule has 1 aliphatic heterocycles. The van der Waals surface area contributed by atoms with E-state index in [-0.39, 0.29) is 22.5 Å². The van der Waals surface area contributed by atoms with Crippen molar-refractivity contribution in [3.05, 3.63) is 11.2 Å². The third-order valence-corrected chi connectivity index (χ3v) is 5.74. The van der Waals surface area contributed by atoms with Gasteiger partial charge in [0.05, 0.1) is 11.2 Å². The van der Waals surface area contributed by atoms with Gasteiger partial charge in [0.1, 0.15) is 0 Å². The zero-order valence-electron chi connectivity index (χ0n) is 10.6. The molecule has 0 aromatic carbocycles. The molecule has 1 aromatic heterocycles. The maximum atomic E-state index is 12.4. The summed E-state index contributed by atoms with van der Waals surface area (Å²) in [4.78, 5) is 0. The first-order valence-electron chi connectivity index (χ1n) is 5.84. The van der Waals surface area contributed by atoms with Crippen LogP contribution >= 0.6 is 24.0 Å². The van der Waals surface area contributed by atoms with Crippen LogP contribution in [0.2, 0.25) is 5.02 Å². The maximum Gasteiger partial charge on any atom is 0.261 e. The molecule has 0 bridgehead atoms. The molecular weight excluding hydrogens is 311 g/mol. The second-order valence-electron chi connectivity index (χ2n) is 4.50. The van der Waals surface area contributed by atoms with Crippen molar-refractivity contribution in [1.29, 1.82) is 0 Å². The largest absolute Gasteiger partial charge is 0.330 e. The second kappa shape index (κ2) is 6.41. The number of aromatic nitrogens is 2. The van der Waals surface area contributed by atoms with E-state index >= 15 is 0 Å². The Morgan fingerprint density at radius 1 is 1.47 bits per heavy atom. The molecule has 0 aliphatic carbocycles. The molecule has 1 fully saturated rings. The second-order valence-corrected chi connectivity index (χ2v) is 6.76. The van der Waals surface area contributed by atoms with E-state index < -0.39 is 10.0 Å². The molecule has 0 atom stereocenters. The fraction of sp³-hybridized carbons (Fsp3) is 0.700. The van der Waals surface area contributed by atoms with Crippen LogP contribution in [0.5, 0.6) is 0 Å². The lowest BCUT2D eigenvalue weighted by molar-refractivity contribution is 0.277. The predicted molar refractivity (Wildman–Crippen MR) is 76.0 cm³/mol. The molecule has 9 heteroatoms. The number of aryl methyl sites for hydroxylation is 1. The highest BCUT2D eigenvalue weighted by Gasteiger charge is 2.32. The summed E-state index contributed by atoms with van der Waals surface area (Å²) in [6, 6.07) is 0. The van der Waals surface area contributed by atoms with Crippen LogP contribution in [-0.4, -0.2) is 42.1 Å². The molecule has 110 valence electrons. The Labute approximate surface area is 124 Å². The fourth-order valence-corrected chi connectivity index (χ4v) is 4.27. The molecule has 0 unspecified atom stereocenters. The van der Waals surface area contributed by atoms with E-state index in [9.17, 15) is 8.42 Å². The van der Waals surface area contributed by atoms with E-state index in [0.717, 1.165) is 12.8 Å². The number of halogens is 2. The standard InChI is InChI=1S/C10H17ClN4O2S.ClH/c1-14-10(9(11)7-13-14)18(16,17)15-4-2-8(6-12)3-5-15;/h7-8H,2-6,12H2,1H3;1H. The molecule has 1 aliphatic rings. The highest BCUT2D eigenvalue weighted by molar-refractivity contribution is 7.89. The molecule has 2 N–H and O–H groups in total. The molecule has 2 heterocycles. The quantitative estimate of drug-likeness (QED) is 0.892. The van der Waals surface area contributed by atoms with E-state index in [2.05, 4.69) is 5.10 Å². The highest BCUT2D eigenvalue weighted by atomic mass is 35.5. The molecule has 2 rings (SSSR count). The van der Waals surface area contributed by atoms with Gasteiger partial charge in [0, 0.05) is 20.1 Å². The van der Waals surface area contributed by atoms with Gasteiger partial charge in [-0.15, -0.1) is 12.4 Å². The SMILES string of the molecule is Cl.Cn1ncc(Cl)c1S(=O)(=O)N1CCC(CN)CC1. The number of nitrogens with zero attached hydrogens (tertiary/aromatic N) is 3. The average Bonchev–Trinajstić information content (AvgIpc) is 2.69. The number of hydrogen-bond donors (Lipinski definition) is 1. The van der Waals surface area contributed by atoms with Crippen LogP contribution in [0.15, 0.2) is 11.2 Å².